The van der Waals surface area contributed by atoms with Gasteiger partial charge in [0.05, 0.1) is 94.8 Å². The van der Waals surface area contributed by atoms with E-state index in [1.807, 2.05) is 77.1 Å². The third-order valence-corrected chi connectivity index (χ3v) is 19.7. The third-order valence-electron chi connectivity index (χ3n) is 18.6. The van der Waals surface area contributed by atoms with Crippen molar-refractivity contribution in [3.63, 3.8) is 0 Å². The monoisotopic (exact) mass is 1770 g/mol. The summed E-state index contributed by atoms with van der Waals surface area (Å²) in [4.78, 5) is 78.0. The fraction of sp³-hybridized carbons (Fsp3) is 0.570. The predicted molar refractivity (Wildman–Crippen MR) is 473 cm³/mol. The van der Waals surface area contributed by atoms with E-state index in [0.29, 0.717) is 130 Å². The molecule has 6 fully saturated rings. The maximum atomic E-state index is 12.8. The summed E-state index contributed by atoms with van der Waals surface area (Å²) >= 11 is 33.4. The number of carbonyl (C=O) groups is 2. The van der Waals surface area contributed by atoms with Gasteiger partial charge >= 0.3 is 12.1 Å². The number of hydrogen-bond acceptors (Lipinski definition) is 30. The first-order valence-corrected chi connectivity index (χ1v) is 42.3. The van der Waals surface area contributed by atoms with Gasteiger partial charge < -0.3 is 112 Å². The smallest absolute Gasteiger partial charge is 0.321 e. The number of rotatable bonds is 22. The molecule has 0 spiro atoms. The van der Waals surface area contributed by atoms with E-state index in [1.54, 1.807) is 40.7 Å². The van der Waals surface area contributed by atoms with Gasteiger partial charge in [-0.05, 0) is 132 Å². The van der Waals surface area contributed by atoms with Gasteiger partial charge in [-0.15, -0.1) is 0 Å². The minimum Gasteiger partial charge on any atom is -0.392 e. The van der Waals surface area contributed by atoms with Gasteiger partial charge in [-0.2, -0.15) is 15.0 Å². The van der Waals surface area contributed by atoms with Gasteiger partial charge in [-0.1, -0.05) is 85.2 Å². The first kappa shape index (κ1) is 98.4. The molecular weight excluding hydrogens is 1660 g/mol. The second-order valence-corrected chi connectivity index (χ2v) is 31.2. The van der Waals surface area contributed by atoms with Crippen LogP contribution in [0.5, 0.6) is 0 Å². The SMILES string of the molecule is C1COCCN1.CC[C@@H]1CCN(C(=O)Nc2ccc(C)c(-c3cc(NC[C@@H](C)O)nc(N4CCOCC4)n3)c2)C1.CC[C@H]1CCN(C(=O)Nc2ccc(C)c(-c3cc(NC[C@@H](C)O)nc(N4CCOCC4)n3)c2)C1.C[C@@H](O)CN.C[C@@H](O)CNc1cc(Cl)nc(Cl)n1.C[C@@H](O)CNc1cc(Cl)nc(N2CCOCC2)n1.Clc1cc(Cl)nc(Cl)n1. The number of benzene rings is 2. The first-order valence-electron chi connectivity index (χ1n) is 40.1. The maximum Gasteiger partial charge on any atom is 0.321 e. The number of hydrogen-bond donors (Lipinski definition) is 13. The molecule has 7 aromatic rings. The molecule has 34 nitrogen and oxygen atoms in total. The molecule has 119 heavy (non-hydrogen) atoms. The number of aromatic nitrogens is 10. The number of urea groups is 2. The van der Waals surface area contributed by atoms with Crippen LogP contribution < -0.4 is 57.7 Å². The topological polar surface area (TPSA) is 428 Å². The number of amides is 4. The van der Waals surface area contributed by atoms with Gasteiger partial charge in [0, 0.05) is 164 Å². The number of aliphatic hydroxyl groups is 5. The van der Waals surface area contributed by atoms with E-state index in [2.05, 4.69) is 101 Å². The Morgan fingerprint density at radius 2 is 0.756 bits per heavy atom. The number of ether oxygens (including phenoxy) is 4. The van der Waals surface area contributed by atoms with Crippen molar-refractivity contribution in [3.05, 3.63) is 109 Å². The van der Waals surface area contributed by atoms with Crippen molar-refractivity contribution in [3.8, 4) is 22.5 Å². The van der Waals surface area contributed by atoms with Gasteiger partial charge in [0.15, 0.2) is 0 Å². The molecule has 0 unspecified atom stereocenters. The summed E-state index contributed by atoms with van der Waals surface area (Å²) in [5.41, 5.74) is 11.9. The van der Waals surface area contributed by atoms with Crippen molar-refractivity contribution < 1.29 is 54.1 Å². The number of anilines is 9. The normalized spacial score (nSPS) is 17.6. The minimum absolute atomic E-state index is 0.0539. The number of nitrogens with two attached hydrogens (primary N) is 1. The second-order valence-electron chi connectivity index (χ2n) is 29.0. The van der Waals surface area contributed by atoms with Crippen LogP contribution >= 0.6 is 69.6 Å². The van der Waals surface area contributed by atoms with Crippen molar-refractivity contribution in [2.24, 2.45) is 17.6 Å². The molecule has 7 atom stereocenters. The van der Waals surface area contributed by atoms with Crippen LogP contribution in [0.3, 0.4) is 0 Å². The number of aliphatic hydroxyl groups excluding tert-OH is 5. The summed E-state index contributed by atoms with van der Waals surface area (Å²) in [7, 11) is 0. The molecule has 6 aliphatic rings. The van der Waals surface area contributed by atoms with Crippen molar-refractivity contribution in [2.45, 2.75) is 119 Å². The highest BCUT2D eigenvalue weighted by Gasteiger charge is 2.28. The molecule has 656 valence electrons. The number of carbonyl (C=O) groups excluding carboxylic acids is 2. The number of morpholine rings is 4. The van der Waals surface area contributed by atoms with Gasteiger partial charge in [0.2, 0.25) is 28.4 Å². The second kappa shape index (κ2) is 52.6. The van der Waals surface area contributed by atoms with Crippen LogP contribution in [0, 0.1) is 25.7 Å². The Morgan fingerprint density at radius 3 is 1.06 bits per heavy atom. The molecule has 0 bridgehead atoms. The average molecular weight is 1780 g/mol. The number of likely N-dealkylation sites (tertiary alicyclic amines) is 2. The van der Waals surface area contributed by atoms with Crippen molar-refractivity contribution in [2.75, 3.05) is 211 Å². The lowest BCUT2D eigenvalue weighted by Crippen LogP contribution is -2.37. The summed E-state index contributed by atoms with van der Waals surface area (Å²) in [5.74, 6) is 5.48. The van der Waals surface area contributed by atoms with E-state index < -0.39 is 24.4 Å². The first-order chi connectivity index (χ1) is 57.0. The molecule has 6 aliphatic heterocycles. The van der Waals surface area contributed by atoms with Gasteiger partial charge in [-0.3, -0.25) is 0 Å². The van der Waals surface area contributed by atoms with Gasteiger partial charge in [-0.25, -0.2) is 44.5 Å². The summed E-state index contributed by atoms with van der Waals surface area (Å²) in [6.45, 7) is 34.3. The molecule has 0 aliphatic carbocycles. The molecule has 0 radical (unpaired) electrons. The number of halogens is 6. The Kier molecular flexibility index (Phi) is 43.5. The number of aryl methyl sites for hydroxylation is 2. The van der Waals surface area contributed by atoms with E-state index in [0.717, 1.165) is 162 Å². The lowest BCUT2D eigenvalue weighted by Gasteiger charge is -2.27. The van der Waals surface area contributed by atoms with Crippen molar-refractivity contribution >= 4 is 134 Å². The summed E-state index contributed by atoms with van der Waals surface area (Å²) < 4.78 is 21.3. The number of nitrogens with zero attached hydrogens (tertiary/aromatic N) is 15. The lowest BCUT2D eigenvalue weighted by atomic mass is 10.0. The Balaban J connectivity index is 0.000000211. The average Bonchev–Trinajstić information content (AvgIpc) is 1.29. The van der Waals surface area contributed by atoms with Crippen molar-refractivity contribution in [1.29, 1.82) is 0 Å². The Hall–Kier alpha value is -7.72. The zero-order valence-corrected chi connectivity index (χ0v) is 73.7. The van der Waals surface area contributed by atoms with Crippen LogP contribution in [0.25, 0.3) is 22.5 Å². The molecule has 11 heterocycles. The maximum absolute atomic E-state index is 12.8. The van der Waals surface area contributed by atoms with Gasteiger partial charge in [0.1, 0.15) is 43.9 Å². The van der Waals surface area contributed by atoms with E-state index >= 15 is 0 Å². The van der Waals surface area contributed by atoms with Crippen LogP contribution in [-0.4, -0.2) is 292 Å². The molecular formula is C79H117Cl6N23O11. The zero-order valence-electron chi connectivity index (χ0n) is 69.1. The van der Waals surface area contributed by atoms with Crippen LogP contribution in [0.4, 0.5) is 62.1 Å². The fourth-order valence-electron chi connectivity index (χ4n) is 12.0. The summed E-state index contributed by atoms with van der Waals surface area (Å²) in [6, 6.07) is 20.1. The largest absolute Gasteiger partial charge is 0.392 e. The Bertz CT molecular complexity index is 3950. The highest BCUT2D eigenvalue weighted by atomic mass is 35.5. The summed E-state index contributed by atoms with van der Waals surface area (Å²) in [6.07, 6.45) is 2.11. The summed E-state index contributed by atoms with van der Waals surface area (Å²) in [5, 5.41) is 68.8. The van der Waals surface area contributed by atoms with Crippen LogP contribution in [0.1, 0.15) is 85.3 Å². The van der Waals surface area contributed by atoms with Crippen LogP contribution in [0.2, 0.25) is 31.2 Å². The number of nitrogens with one attached hydrogen (secondary N) is 7. The van der Waals surface area contributed by atoms with Crippen LogP contribution in [-0.2, 0) is 18.9 Å². The highest BCUT2D eigenvalue weighted by Crippen LogP contribution is 2.33. The molecule has 14 N–H and O–H groups in total. The quantitative estimate of drug-likeness (QED) is 0.0221. The molecule has 0 saturated carbocycles. The van der Waals surface area contributed by atoms with E-state index in [1.165, 1.54) is 12.1 Å². The Morgan fingerprint density at radius 1 is 0.437 bits per heavy atom. The lowest BCUT2D eigenvalue weighted by molar-refractivity contribution is 0.109. The fourth-order valence-corrected chi connectivity index (χ4v) is 13.2. The highest BCUT2D eigenvalue weighted by molar-refractivity contribution is 6.35. The van der Waals surface area contributed by atoms with Gasteiger partial charge in [0.25, 0.3) is 0 Å². The molecule has 6 saturated heterocycles. The van der Waals surface area contributed by atoms with E-state index in [-0.39, 0.29) is 44.2 Å². The van der Waals surface area contributed by atoms with Crippen LogP contribution in [0.15, 0.2) is 66.7 Å². The van der Waals surface area contributed by atoms with E-state index in [4.69, 9.17) is 114 Å². The molecule has 2 aromatic carbocycles. The molecule has 13 rings (SSSR count). The third kappa shape index (κ3) is 36.5. The Labute approximate surface area is 727 Å². The predicted octanol–water partition coefficient (Wildman–Crippen LogP) is 10.4. The molecule has 5 aromatic heterocycles. The zero-order chi connectivity index (χ0) is 86.3. The standard InChI is InChI=1S/2C25H36N6O3.C11H17ClN4O2.C7H9Cl2N3O.C4HCl3N2.C4H9NO.C3H9NO/c2*1-4-19-7-8-31(16-19)25(33)27-20-6-5-17(2)21(13-20)22-14-23(26-15-18(3)32)29-24(28-22)30-9-11-34-12-10-30;1-8(17)7-13-10-6-9(12)14-11(15-10)16-2-4-18-5-3-16;1-4(13)3-10-6-2-5(8)11-7(9)12-6;5-2-1-3(6)9-4(7)8-2;1-3-6-4-2-5-1;1-3(5)2-4/h2*5-6,13-14,18-19,32H,4,7-12,15-16H2,1-3H3,(H,27,33)(H,26,28,29);6,8,17H,2-5,7H2,1H3,(H,13,14,15);2,4,13H,3H2,1H3,(H,10,11,12);1H;5H,1-4H2;3,5H,2,4H2,1H3/t18-,19+;18-,19-;8-;4-;;;3-/m1111..1/s1. The molecule has 40 heteroatoms. The minimum atomic E-state index is -0.497. The van der Waals surface area contributed by atoms with Crippen molar-refractivity contribution in [1.82, 2.24) is 65.0 Å². The molecule has 4 amide bonds. The van der Waals surface area contributed by atoms with E-state index in [9.17, 15) is 24.9 Å².